The molecule has 1 saturated heterocycles. The summed E-state index contributed by atoms with van der Waals surface area (Å²) in [6.45, 7) is 8.57. The first-order valence-electron chi connectivity index (χ1n) is 10.4. The maximum atomic E-state index is 13.3. The van der Waals surface area contributed by atoms with E-state index >= 15 is 0 Å². The van der Waals surface area contributed by atoms with Crippen molar-refractivity contribution in [3.63, 3.8) is 0 Å². The normalized spacial score (nSPS) is 19.8. The van der Waals surface area contributed by atoms with Crippen molar-refractivity contribution in [1.29, 1.82) is 0 Å². The Labute approximate surface area is 176 Å². The molecule has 1 aromatic carbocycles. The lowest BCUT2D eigenvalue weighted by atomic mass is 10.0. The average Bonchev–Trinajstić information content (AvgIpc) is 3.49. The van der Waals surface area contributed by atoms with E-state index < -0.39 is 0 Å². The molecule has 6 nitrogen and oxygen atoms in total. The number of aromatic nitrogens is 1. The highest BCUT2D eigenvalue weighted by atomic mass is 19.1. The average molecular weight is 410 g/mol. The highest BCUT2D eigenvalue weighted by Crippen LogP contribution is 2.40. The van der Waals surface area contributed by atoms with Gasteiger partial charge in [-0.2, -0.15) is 4.98 Å². The summed E-state index contributed by atoms with van der Waals surface area (Å²) in [5, 5.41) is 0. The lowest BCUT2D eigenvalue weighted by Crippen LogP contribution is -2.54. The Morgan fingerprint density at radius 3 is 2.67 bits per heavy atom. The van der Waals surface area contributed by atoms with Crippen LogP contribution in [0.25, 0.3) is 6.08 Å². The molecule has 2 aromatic rings. The molecule has 2 heterocycles. The van der Waals surface area contributed by atoms with Crippen LogP contribution in [0.3, 0.4) is 0 Å². The third kappa shape index (κ3) is 4.45. The van der Waals surface area contributed by atoms with Crippen molar-refractivity contribution in [2.24, 2.45) is 4.99 Å². The van der Waals surface area contributed by atoms with Crippen LogP contribution in [-0.4, -0.2) is 48.2 Å². The van der Waals surface area contributed by atoms with Crippen LogP contribution in [0.15, 0.2) is 39.5 Å². The number of carbonyl (C=O) groups is 1. The summed E-state index contributed by atoms with van der Waals surface area (Å²) in [6, 6.07) is 8.84. The predicted molar refractivity (Wildman–Crippen MR) is 116 cm³/mol. The summed E-state index contributed by atoms with van der Waals surface area (Å²) in [6.07, 6.45) is 4.23. The number of hydrogen-bond donors (Lipinski definition) is 0. The van der Waals surface area contributed by atoms with Crippen molar-refractivity contribution in [3.05, 3.63) is 46.9 Å². The smallest absolute Gasteiger partial charge is 0.299 e. The van der Waals surface area contributed by atoms with Crippen molar-refractivity contribution < 1.29 is 13.6 Å². The van der Waals surface area contributed by atoms with E-state index in [1.54, 1.807) is 0 Å². The SMILES string of the molecule is C=Nc1oc(N2CCN(C(=O)Cc3ccc(C4CC4)cc3)[C@H](C)C2)nc1/C=C(\C)F. The molecule has 1 aromatic heterocycles. The number of carbonyl (C=O) groups excluding carboxylic acids is 1. The number of amides is 1. The molecule has 0 radical (unpaired) electrons. The van der Waals surface area contributed by atoms with Gasteiger partial charge < -0.3 is 14.2 Å². The molecule has 1 atom stereocenters. The molecule has 1 saturated carbocycles. The fourth-order valence-corrected chi connectivity index (χ4v) is 3.95. The van der Waals surface area contributed by atoms with Crippen LogP contribution < -0.4 is 4.90 Å². The lowest BCUT2D eigenvalue weighted by Gasteiger charge is -2.39. The van der Waals surface area contributed by atoms with E-state index in [2.05, 4.69) is 41.0 Å². The van der Waals surface area contributed by atoms with Crippen LogP contribution in [0.5, 0.6) is 0 Å². The second-order valence-electron chi connectivity index (χ2n) is 8.15. The highest BCUT2D eigenvalue weighted by Gasteiger charge is 2.30. The fourth-order valence-electron chi connectivity index (χ4n) is 3.95. The van der Waals surface area contributed by atoms with E-state index in [1.165, 1.54) is 31.4 Å². The number of hydrogen-bond acceptors (Lipinski definition) is 5. The molecule has 0 N–H and O–H groups in total. The summed E-state index contributed by atoms with van der Waals surface area (Å²) in [5.74, 6) is 0.662. The topological polar surface area (TPSA) is 61.9 Å². The Bertz CT molecular complexity index is 958. The quantitative estimate of drug-likeness (QED) is 0.658. The van der Waals surface area contributed by atoms with E-state index in [9.17, 15) is 9.18 Å². The Balaban J connectivity index is 1.39. The molecule has 0 unspecified atom stereocenters. The van der Waals surface area contributed by atoms with Crippen LogP contribution in [0.1, 0.15) is 49.4 Å². The maximum Gasteiger partial charge on any atom is 0.299 e. The number of rotatable bonds is 6. The minimum Gasteiger partial charge on any atom is -0.404 e. The summed E-state index contributed by atoms with van der Waals surface area (Å²) >= 11 is 0. The molecule has 1 amide bonds. The highest BCUT2D eigenvalue weighted by molar-refractivity contribution is 5.79. The van der Waals surface area contributed by atoms with Crippen LogP contribution >= 0.6 is 0 Å². The van der Waals surface area contributed by atoms with Gasteiger partial charge in [0.15, 0.2) is 0 Å². The molecule has 0 bridgehead atoms. The van der Waals surface area contributed by atoms with Gasteiger partial charge in [0, 0.05) is 31.8 Å². The minimum absolute atomic E-state index is 0.00549. The number of oxazole rings is 1. The van der Waals surface area contributed by atoms with Gasteiger partial charge in [-0.3, -0.25) is 4.79 Å². The summed E-state index contributed by atoms with van der Waals surface area (Å²) < 4.78 is 18.9. The van der Waals surface area contributed by atoms with Gasteiger partial charge >= 0.3 is 0 Å². The third-order valence-electron chi connectivity index (χ3n) is 5.70. The number of nitrogens with zero attached hydrogens (tertiary/aromatic N) is 4. The monoisotopic (exact) mass is 410 g/mol. The first-order valence-corrected chi connectivity index (χ1v) is 10.4. The first-order chi connectivity index (χ1) is 14.4. The zero-order valence-electron chi connectivity index (χ0n) is 17.5. The van der Waals surface area contributed by atoms with Crippen molar-refractivity contribution >= 4 is 30.6 Å². The van der Waals surface area contributed by atoms with Gasteiger partial charge in [0.2, 0.25) is 11.8 Å². The Morgan fingerprint density at radius 2 is 2.07 bits per heavy atom. The summed E-state index contributed by atoms with van der Waals surface area (Å²) in [4.78, 5) is 24.9. The first kappa shape index (κ1) is 20.3. The molecule has 7 heteroatoms. The summed E-state index contributed by atoms with van der Waals surface area (Å²) in [7, 11) is 0. The van der Waals surface area contributed by atoms with Gasteiger partial charge in [0.1, 0.15) is 5.69 Å². The zero-order valence-corrected chi connectivity index (χ0v) is 17.5. The summed E-state index contributed by atoms with van der Waals surface area (Å²) in [5.41, 5.74) is 2.75. The second kappa shape index (κ2) is 8.42. The Morgan fingerprint density at radius 1 is 1.33 bits per heavy atom. The third-order valence-corrected chi connectivity index (χ3v) is 5.70. The van der Waals surface area contributed by atoms with Crippen LogP contribution in [0.4, 0.5) is 16.3 Å². The lowest BCUT2D eigenvalue weighted by molar-refractivity contribution is -0.132. The molecule has 4 rings (SSSR count). The molecule has 2 fully saturated rings. The minimum atomic E-state index is -0.381. The molecule has 1 aliphatic heterocycles. The van der Waals surface area contributed by atoms with Gasteiger partial charge in [0.05, 0.1) is 12.2 Å². The standard InChI is InChI=1S/C23H27FN4O2/c1-15(24)12-20-22(25-3)30-23(26-20)27-10-11-28(16(2)14-27)21(29)13-17-4-6-18(7-5-17)19-8-9-19/h4-7,12,16,19H,3,8-11,13-14H2,1-2H3/b15-12+/t16-/m1/s1. The van der Waals surface area contributed by atoms with E-state index in [-0.39, 0.29) is 23.7 Å². The van der Waals surface area contributed by atoms with E-state index in [1.807, 2.05) is 16.7 Å². The van der Waals surface area contributed by atoms with Gasteiger partial charge in [-0.05, 0) is 50.5 Å². The largest absolute Gasteiger partial charge is 0.404 e. The van der Waals surface area contributed by atoms with E-state index in [0.29, 0.717) is 37.8 Å². The molecule has 30 heavy (non-hydrogen) atoms. The number of aliphatic imine (C=N–C) groups is 1. The second-order valence-corrected chi connectivity index (χ2v) is 8.15. The number of anilines is 1. The molecular formula is C23H27FN4O2. The number of allylic oxidation sites excluding steroid dienone is 1. The zero-order chi connectivity index (χ0) is 21.3. The van der Waals surface area contributed by atoms with Gasteiger partial charge in [-0.15, -0.1) is 0 Å². The van der Waals surface area contributed by atoms with Crippen molar-refractivity contribution in [3.8, 4) is 0 Å². The number of benzene rings is 1. The molecule has 0 spiro atoms. The Hall–Kier alpha value is -2.96. The van der Waals surface area contributed by atoms with Gasteiger partial charge in [-0.25, -0.2) is 9.38 Å². The van der Waals surface area contributed by atoms with Crippen molar-refractivity contribution in [2.45, 2.75) is 45.1 Å². The fraction of sp³-hybridized carbons (Fsp3) is 0.435. The van der Waals surface area contributed by atoms with Crippen molar-refractivity contribution in [1.82, 2.24) is 9.88 Å². The van der Waals surface area contributed by atoms with Crippen LogP contribution in [0, 0.1) is 0 Å². The van der Waals surface area contributed by atoms with E-state index in [0.717, 1.165) is 11.5 Å². The number of piperazine rings is 1. The van der Waals surface area contributed by atoms with Gasteiger partial charge in [-0.1, -0.05) is 24.3 Å². The van der Waals surface area contributed by atoms with Crippen molar-refractivity contribution in [2.75, 3.05) is 24.5 Å². The Kier molecular flexibility index (Phi) is 5.70. The van der Waals surface area contributed by atoms with Crippen LogP contribution in [-0.2, 0) is 11.2 Å². The number of halogens is 1. The molecule has 2 aliphatic rings. The van der Waals surface area contributed by atoms with E-state index in [4.69, 9.17) is 4.42 Å². The molecule has 158 valence electrons. The molecular weight excluding hydrogens is 383 g/mol. The molecule has 1 aliphatic carbocycles. The predicted octanol–water partition coefficient (Wildman–Crippen LogP) is 4.49. The van der Waals surface area contributed by atoms with Crippen LogP contribution in [0.2, 0.25) is 0 Å². The van der Waals surface area contributed by atoms with Gasteiger partial charge in [0.25, 0.3) is 6.01 Å². The maximum absolute atomic E-state index is 13.3.